The highest BCUT2D eigenvalue weighted by Gasteiger charge is 2.30. The summed E-state index contributed by atoms with van der Waals surface area (Å²) in [6.45, 7) is 4.73. The lowest BCUT2D eigenvalue weighted by atomic mass is 9.91. The first-order valence-corrected chi connectivity index (χ1v) is 9.34. The fraction of sp³-hybridized carbons (Fsp3) is 0.529. The summed E-state index contributed by atoms with van der Waals surface area (Å²) in [6.07, 6.45) is 4.84. The number of fused-ring (bicyclic) bond motifs is 1. The van der Waals surface area contributed by atoms with Crippen molar-refractivity contribution in [2.45, 2.75) is 32.1 Å². The van der Waals surface area contributed by atoms with Crippen molar-refractivity contribution in [2.75, 3.05) is 26.3 Å². The normalized spacial score (nSPS) is 18.0. The van der Waals surface area contributed by atoms with Crippen molar-refractivity contribution in [3.8, 4) is 11.5 Å². The van der Waals surface area contributed by atoms with Gasteiger partial charge in [0, 0.05) is 30.1 Å². The smallest absolute Gasteiger partial charge is 0.267 e. The molecule has 0 aromatic carbocycles. The van der Waals surface area contributed by atoms with Gasteiger partial charge in [-0.1, -0.05) is 6.92 Å². The summed E-state index contributed by atoms with van der Waals surface area (Å²) in [5, 5.41) is 9.20. The van der Waals surface area contributed by atoms with E-state index in [9.17, 15) is 4.79 Å². The Balaban J connectivity index is 1.44. The molecule has 4 rings (SSSR count). The maximum Gasteiger partial charge on any atom is 0.267 e. The number of likely N-dealkylation sites (tertiary alicyclic amines) is 1. The molecule has 4 heterocycles. The van der Waals surface area contributed by atoms with Crippen molar-refractivity contribution in [2.24, 2.45) is 0 Å². The fourth-order valence-electron chi connectivity index (χ4n) is 3.48. The van der Waals surface area contributed by atoms with Crippen LogP contribution in [0.3, 0.4) is 0 Å². The standard InChI is InChI=1S/C17H21N3O3S/c1-2-11-9-18-19-14(11)12-3-5-20(6-4-12)17(21)16-15-13(10-24-16)22-7-8-23-15/h9-10,12H,2-8H2,1H3,(H,18,19). The Kier molecular flexibility index (Phi) is 4.18. The van der Waals surface area contributed by atoms with Crippen molar-refractivity contribution in [1.29, 1.82) is 0 Å². The van der Waals surface area contributed by atoms with Crippen LogP contribution in [0.25, 0.3) is 0 Å². The number of aromatic amines is 1. The second kappa shape index (κ2) is 6.47. The molecule has 6 nitrogen and oxygen atoms in total. The quantitative estimate of drug-likeness (QED) is 0.927. The van der Waals surface area contributed by atoms with Gasteiger partial charge in [0.1, 0.15) is 18.1 Å². The zero-order valence-electron chi connectivity index (χ0n) is 13.7. The summed E-state index contributed by atoms with van der Waals surface area (Å²) in [5.41, 5.74) is 2.53. The number of aryl methyl sites for hydroxylation is 1. The van der Waals surface area contributed by atoms with E-state index in [1.807, 2.05) is 16.5 Å². The van der Waals surface area contributed by atoms with E-state index in [4.69, 9.17) is 9.47 Å². The van der Waals surface area contributed by atoms with E-state index in [1.165, 1.54) is 22.6 Å². The molecule has 0 aliphatic carbocycles. The SMILES string of the molecule is CCc1cn[nH]c1C1CCN(C(=O)c2scc3c2OCCO3)CC1. The van der Waals surface area contributed by atoms with Gasteiger partial charge in [-0.2, -0.15) is 5.10 Å². The van der Waals surface area contributed by atoms with Gasteiger partial charge in [-0.15, -0.1) is 11.3 Å². The molecule has 0 spiro atoms. The van der Waals surface area contributed by atoms with Crippen molar-refractivity contribution < 1.29 is 14.3 Å². The van der Waals surface area contributed by atoms with Crippen LogP contribution in [-0.4, -0.2) is 47.3 Å². The number of H-pyrrole nitrogens is 1. The first kappa shape index (κ1) is 15.5. The van der Waals surface area contributed by atoms with E-state index in [1.54, 1.807) is 0 Å². The third-order valence-corrected chi connectivity index (χ3v) is 5.75. The van der Waals surface area contributed by atoms with Gasteiger partial charge in [-0.25, -0.2) is 0 Å². The number of rotatable bonds is 3. The molecule has 0 unspecified atom stereocenters. The lowest BCUT2D eigenvalue weighted by molar-refractivity contribution is 0.0708. The predicted molar refractivity (Wildman–Crippen MR) is 91.2 cm³/mol. The molecule has 2 aliphatic rings. The second-order valence-corrected chi connectivity index (χ2v) is 7.06. The molecule has 2 aromatic rings. The number of hydrogen-bond donors (Lipinski definition) is 1. The number of piperidine rings is 1. The third kappa shape index (κ3) is 2.66. The Morgan fingerprint density at radius 1 is 1.38 bits per heavy atom. The zero-order chi connectivity index (χ0) is 16.5. The topological polar surface area (TPSA) is 67.5 Å². The zero-order valence-corrected chi connectivity index (χ0v) is 14.5. The molecule has 1 fully saturated rings. The number of amides is 1. The minimum absolute atomic E-state index is 0.0607. The van der Waals surface area contributed by atoms with Crippen LogP contribution in [-0.2, 0) is 6.42 Å². The predicted octanol–water partition coefficient (Wildman–Crippen LogP) is 2.82. The van der Waals surface area contributed by atoms with Crippen LogP contribution in [0.4, 0.5) is 0 Å². The molecule has 2 aliphatic heterocycles. The molecule has 1 amide bonds. The molecule has 24 heavy (non-hydrogen) atoms. The summed E-state index contributed by atoms with van der Waals surface area (Å²) in [6, 6.07) is 0. The summed E-state index contributed by atoms with van der Waals surface area (Å²) in [5.74, 6) is 1.85. The van der Waals surface area contributed by atoms with E-state index in [-0.39, 0.29) is 5.91 Å². The number of carbonyl (C=O) groups is 1. The summed E-state index contributed by atoms with van der Waals surface area (Å²) < 4.78 is 11.2. The molecule has 1 saturated heterocycles. The molecule has 0 bridgehead atoms. The van der Waals surface area contributed by atoms with Crippen LogP contribution in [0.1, 0.15) is 46.6 Å². The van der Waals surface area contributed by atoms with Crippen LogP contribution in [0.15, 0.2) is 11.6 Å². The molecule has 0 atom stereocenters. The average molecular weight is 347 g/mol. The minimum Gasteiger partial charge on any atom is -0.485 e. The number of hydrogen-bond acceptors (Lipinski definition) is 5. The van der Waals surface area contributed by atoms with Gasteiger partial charge in [-0.05, 0) is 24.8 Å². The third-order valence-electron chi connectivity index (χ3n) is 4.82. The Morgan fingerprint density at radius 3 is 2.96 bits per heavy atom. The van der Waals surface area contributed by atoms with E-state index < -0.39 is 0 Å². The van der Waals surface area contributed by atoms with E-state index in [0.717, 1.165) is 32.4 Å². The average Bonchev–Trinajstić information content (AvgIpc) is 3.28. The van der Waals surface area contributed by atoms with Gasteiger partial charge in [-0.3, -0.25) is 9.89 Å². The van der Waals surface area contributed by atoms with Crippen molar-refractivity contribution in [3.63, 3.8) is 0 Å². The number of carbonyl (C=O) groups excluding carboxylic acids is 1. The van der Waals surface area contributed by atoms with Gasteiger partial charge in [0.05, 0.1) is 6.20 Å². The Hall–Kier alpha value is -2.02. The first-order valence-electron chi connectivity index (χ1n) is 8.46. The summed E-state index contributed by atoms with van der Waals surface area (Å²) in [4.78, 5) is 15.4. The second-order valence-electron chi connectivity index (χ2n) is 6.18. The van der Waals surface area contributed by atoms with Crippen molar-refractivity contribution in [3.05, 3.63) is 27.7 Å². The lowest BCUT2D eigenvalue weighted by Gasteiger charge is -2.32. The van der Waals surface area contributed by atoms with Crippen LogP contribution in [0, 0.1) is 0 Å². The highest BCUT2D eigenvalue weighted by atomic mass is 32.1. The Morgan fingerprint density at radius 2 is 2.17 bits per heavy atom. The molecule has 0 saturated carbocycles. The highest BCUT2D eigenvalue weighted by molar-refractivity contribution is 7.12. The van der Waals surface area contributed by atoms with Gasteiger partial charge in [0.2, 0.25) is 0 Å². The number of nitrogens with zero attached hydrogens (tertiary/aromatic N) is 2. The van der Waals surface area contributed by atoms with Gasteiger partial charge >= 0.3 is 0 Å². The molecule has 2 aromatic heterocycles. The van der Waals surface area contributed by atoms with Crippen molar-refractivity contribution in [1.82, 2.24) is 15.1 Å². The molecule has 0 radical (unpaired) electrons. The molecular formula is C17H21N3O3S. The molecule has 7 heteroatoms. The van der Waals surface area contributed by atoms with Gasteiger partial charge < -0.3 is 14.4 Å². The van der Waals surface area contributed by atoms with E-state index in [0.29, 0.717) is 35.5 Å². The number of nitrogens with one attached hydrogen (secondary N) is 1. The number of thiophene rings is 1. The summed E-state index contributed by atoms with van der Waals surface area (Å²) in [7, 11) is 0. The first-order chi connectivity index (χ1) is 11.8. The maximum atomic E-state index is 12.8. The van der Waals surface area contributed by atoms with E-state index >= 15 is 0 Å². The number of aromatic nitrogens is 2. The van der Waals surface area contributed by atoms with E-state index in [2.05, 4.69) is 17.1 Å². The van der Waals surface area contributed by atoms with Crippen molar-refractivity contribution >= 4 is 17.2 Å². The van der Waals surface area contributed by atoms with Gasteiger partial charge in [0.15, 0.2) is 11.5 Å². The number of ether oxygens (including phenoxy) is 2. The van der Waals surface area contributed by atoms with Crippen LogP contribution in [0.2, 0.25) is 0 Å². The fourth-order valence-corrected chi connectivity index (χ4v) is 4.38. The largest absolute Gasteiger partial charge is 0.485 e. The van der Waals surface area contributed by atoms with Crippen LogP contribution < -0.4 is 9.47 Å². The molecule has 1 N–H and O–H groups in total. The van der Waals surface area contributed by atoms with Crippen LogP contribution in [0.5, 0.6) is 11.5 Å². The lowest BCUT2D eigenvalue weighted by Crippen LogP contribution is -2.38. The Bertz CT molecular complexity index is 731. The maximum absolute atomic E-state index is 12.8. The molecular weight excluding hydrogens is 326 g/mol. The van der Waals surface area contributed by atoms with Gasteiger partial charge in [0.25, 0.3) is 5.91 Å². The molecule has 128 valence electrons. The Labute approximate surface area is 144 Å². The summed E-state index contributed by atoms with van der Waals surface area (Å²) >= 11 is 1.41. The van der Waals surface area contributed by atoms with Crippen LogP contribution >= 0.6 is 11.3 Å². The minimum atomic E-state index is 0.0607. The highest BCUT2D eigenvalue weighted by Crippen LogP contribution is 2.40. The monoisotopic (exact) mass is 347 g/mol.